The van der Waals surface area contributed by atoms with Crippen molar-refractivity contribution in [2.75, 3.05) is 14.2 Å². The lowest BCUT2D eigenvalue weighted by Gasteiger charge is -2.11. The van der Waals surface area contributed by atoms with E-state index in [9.17, 15) is 9.59 Å². The Morgan fingerprint density at radius 3 is 1.31 bits per heavy atom. The summed E-state index contributed by atoms with van der Waals surface area (Å²) in [7, 11) is 3.12. The summed E-state index contributed by atoms with van der Waals surface area (Å²) in [4.78, 5) is 25.2. The molecule has 0 spiro atoms. The second-order valence-corrected chi connectivity index (χ2v) is 10.3. The molecule has 10 nitrogen and oxygen atoms in total. The number of hydrazone groups is 2. The van der Waals surface area contributed by atoms with Crippen LogP contribution in [-0.4, -0.2) is 38.5 Å². The second-order valence-electron chi connectivity index (χ2n) is 10.3. The van der Waals surface area contributed by atoms with E-state index in [1.54, 1.807) is 38.5 Å². The van der Waals surface area contributed by atoms with Gasteiger partial charge in [0.1, 0.15) is 13.2 Å². The molecule has 5 aromatic carbocycles. The van der Waals surface area contributed by atoms with Crippen LogP contribution in [0.3, 0.4) is 0 Å². The molecule has 2 amide bonds. The van der Waals surface area contributed by atoms with Crippen LogP contribution < -0.4 is 29.8 Å². The fraction of sp³-hybridized carbons (Fsp3) is 0.105. The fourth-order valence-electron chi connectivity index (χ4n) is 4.47. The van der Waals surface area contributed by atoms with Crippen molar-refractivity contribution in [3.05, 3.63) is 155 Å². The predicted octanol–water partition coefficient (Wildman–Crippen LogP) is 6.39. The van der Waals surface area contributed by atoms with Crippen molar-refractivity contribution in [1.82, 2.24) is 10.9 Å². The summed E-state index contributed by atoms with van der Waals surface area (Å²) in [6, 6.07) is 36.5. The molecule has 0 saturated heterocycles. The first-order valence-electron chi connectivity index (χ1n) is 15.0. The third kappa shape index (κ3) is 9.30. The van der Waals surface area contributed by atoms with Crippen molar-refractivity contribution in [1.29, 1.82) is 0 Å². The molecule has 0 aliphatic heterocycles. The van der Waals surface area contributed by atoms with Crippen LogP contribution in [0.15, 0.2) is 132 Å². The molecule has 242 valence electrons. The van der Waals surface area contributed by atoms with Crippen LogP contribution in [0.4, 0.5) is 0 Å². The van der Waals surface area contributed by atoms with Crippen molar-refractivity contribution < 1.29 is 28.5 Å². The van der Waals surface area contributed by atoms with E-state index in [-0.39, 0.29) is 0 Å². The Labute approximate surface area is 278 Å². The summed E-state index contributed by atoms with van der Waals surface area (Å²) >= 11 is 0. The van der Waals surface area contributed by atoms with Gasteiger partial charge in [0.2, 0.25) is 0 Å². The van der Waals surface area contributed by atoms with Gasteiger partial charge in [0.05, 0.1) is 26.6 Å². The minimum Gasteiger partial charge on any atom is -0.493 e. The van der Waals surface area contributed by atoms with Crippen molar-refractivity contribution in [2.45, 2.75) is 13.2 Å². The van der Waals surface area contributed by atoms with Crippen LogP contribution in [-0.2, 0) is 13.2 Å². The zero-order valence-electron chi connectivity index (χ0n) is 26.5. The van der Waals surface area contributed by atoms with Crippen LogP contribution in [0.1, 0.15) is 43.0 Å². The highest BCUT2D eigenvalue weighted by molar-refractivity contribution is 5.98. The van der Waals surface area contributed by atoms with Crippen molar-refractivity contribution in [2.24, 2.45) is 10.2 Å². The van der Waals surface area contributed by atoms with Gasteiger partial charge in [-0.3, -0.25) is 9.59 Å². The van der Waals surface area contributed by atoms with Crippen molar-refractivity contribution >= 4 is 24.2 Å². The van der Waals surface area contributed by atoms with E-state index in [4.69, 9.17) is 18.9 Å². The number of ether oxygens (including phenoxy) is 4. The lowest BCUT2D eigenvalue weighted by atomic mass is 10.1. The first kappa shape index (κ1) is 33.0. The normalized spacial score (nSPS) is 10.9. The van der Waals surface area contributed by atoms with E-state index in [0.29, 0.717) is 58.5 Å². The van der Waals surface area contributed by atoms with Gasteiger partial charge in [-0.15, -0.1) is 0 Å². The Balaban J connectivity index is 1.10. The highest BCUT2D eigenvalue weighted by Gasteiger charge is 2.10. The zero-order chi connectivity index (χ0) is 33.6. The van der Waals surface area contributed by atoms with Gasteiger partial charge in [-0.2, -0.15) is 10.2 Å². The van der Waals surface area contributed by atoms with Gasteiger partial charge < -0.3 is 18.9 Å². The molecule has 0 bridgehead atoms. The molecule has 0 heterocycles. The van der Waals surface area contributed by atoms with Crippen LogP contribution in [0.2, 0.25) is 0 Å². The average Bonchev–Trinajstić information content (AvgIpc) is 3.14. The lowest BCUT2D eigenvalue weighted by Crippen LogP contribution is -2.19. The van der Waals surface area contributed by atoms with Gasteiger partial charge >= 0.3 is 0 Å². The zero-order valence-corrected chi connectivity index (χ0v) is 26.5. The topological polar surface area (TPSA) is 120 Å². The molecule has 0 aromatic heterocycles. The number of nitrogens with zero attached hydrogens (tertiary/aromatic N) is 2. The van der Waals surface area contributed by atoms with E-state index >= 15 is 0 Å². The summed E-state index contributed by atoms with van der Waals surface area (Å²) in [6.45, 7) is 0.815. The fourth-order valence-corrected chi connectivity index (χ4v) is 4.47. The van der Waals surface area contributed by atoms with E-state index in [1.807, 2.05) is 72.8 Å². The first-order valence-corrected chi connectivity index (χ1v) is 15.0. The largest absolute Gasteiger partial charge is 0.493 e. The first-order chi connectivity index (χ1) is 23.5. The van der Waals surface area contributed by atoms with Gasteiger partial charge in [0.25, 0.3) is 11.8 Å². The SMILES string of the molecule is COc1cc(/C=N/NC(=O)c2ccc(C(=O)N/N=C/c3ccc(OCc4ccccc4)c(OC)c3)cc2)ccc1OCc1ccccc1. The maximum Gasteiger partial charge on any atom is 0.271 e. The highest BCUT2D eigenvalue weighted by atomic mass is 16.5. The molecule has 0 aliphatic carbocycles. The van der Waals surface area contributed by atoms with Gasteiger partial charge in [0.15, 0.2) is 23.0 Å². The predicted molar refractivity (Wildman–Crippen MR) is 184 cm³/mol. The second kappa shape index (κ2) is 16.8. The third-order valence-electron chi connectivity index (χ3n) is 7.02. The minimum atomic E-state index is -0.434. The molecular weight excluding hydrogens is 608 g/mol. The smallest absolute Gasteiger partial charge is 0.271 e. The molecule has 0 aliphatic rings. The molecular formula is C38H34N4O6. The third-order valence-corrected chi connectivity index (χ3v) is 7.02. The van der Waals surface area contributed by atoms with Crippen LogP contribution in [0, 0.1) is 0 Å². The van der Waals surface area contributed by atoms with Crippen molar-refractivity contribution in [3.8, 4) is 23.0 Å². The number of nitrogens with one attached hydrogen (secondary N) is 2. The Morgan fingerprint density at radius 2 is 0.938 bits per heavy atom. The van der Waals surface area contributed by atoms with Gasteiger partial charge in [-0.05, 0) is 82.9 Å². The Kier molecular flexibility index (Phi) is 11.5. The number of hydrogen-bond acceptors (Lipinski definition) is 8. The summed E-state index contributed by atoms with van der Waals surface area (Å²) in [5.41, 5.74) is 9.14. The molecule has 0 radical (unpaired) electrons. The van der Waals surface area contributed by atoms with Crippen LogP contribution >= 0.6 is 0 Å². The molecule has 5 rings (SSSR count). The molecule has 0 saturated carbocycles. The number of amides is 2. The quantitative estimate of drug-likeness (QED) is 0.107. The number of methoxy groups -OCH3 is 2. The van der Waals surface area contributed by atoms with Crippen LogP contribution in [0.25, 0.3) is 0 Å². The van der Waals surface area contributed by atoms with E-state index in [2.05, 4.69) is 21.1 Å². The van der Waals surface area contributed by atoms with Crippen LogP contribution in [0.5, 0.6) is 23.0 Å². The van der Waals surface area contributed by atoms with Gasteiger partial charge in [0, 0.05) is 11.1 Å². The standard InChI is InChI=1S/C38H34N4O6/c1-45-35-21-29(13-19-33(35)47-25-27-9-5-3-6-10-27)23-39-41-37(43)31-15-17-32(18-16-31)38(44)42-40-24-30-14-20-34(36(22-30)46-2)48-26-28-11-7-4-8-12-28/h3-24H,25-26H2,1-2H3,(H,41,43)(H,42,44)/b39-23+,40-24+. The molecule has 48 heavy (non-hydrogen) atoms. The van der Waals surface area contributed by atoms with Crippen molar-refractivity contribution in [3.63, 3.8) is 0 Å². The molecule has 0 atom stereocenters. The Morgan fingerprint density at radius 1 is 0.542 bits per heavy atom. The summed E-state index contributed by atoms with van der Waals surface area (Å²) in [5.74, 6) is 1.41. The molecule has 2 N–H and O–H groups in total. The van der Waals surface area contributed by atoms with Gasteiger partial charge in [-0.1, -0.05) is 60.7 Å². The number of benzene rings is 5. The summed E-state index contributed by atoms with van der Waals surface area (Å²) < 4.78 is 22.7. The molecule has 10 heteroatoms. The Hall–Kier alpha value is -6.42. The maximum atomic E-state index is 12.6. The minimum absolute atomic E-state index is 0.330. The number of rotatable bonds is 14. The summed E-state index contributed by atoms with van der Waals surface area (Å²) in [5, 5.41) is 8.10. The number of hydrogen-bond donors (Lipinski definition) is 2. The number of carbonyl (C=O) groups is 2. The number of carbonyl (C=O) groups excluding carboxylic acids is 2. The van der Waals surface area contributed by atoms with Gasteiger partial charge in [-0.25, -0.2) is 10.9 Å². The highest BCUT2D eigenvalue weighted by Crippen LogP contribution is 2.29. The monoisotopic (exact) mass is 642 g/mol. The maximum absolute atomic E-state index is 12.6. The van der Waals surface area contributed by atoms with E-state index < -0.39 is 11.8 Å². The van der Waals surface area contributed by atoms with E-state index in [1.165, 1.54) is 36.7 Å². The molecule has 0 fully saturated rings. The summed E-state index contributed by atoms with van der Waals surface area (Å²) in [6.07, 6.45) is 3.00. The molecule has 0 unspecified atom stereocenters. The Bertz CT molecular complexity index is 1740. The molecule has 5 aromatic rings. The van der Waals surface area contributed by atoms with E-state index in [0.717, 1.165) is 11.1 Å². The average molecular weight is 643 g/mol. The lowest BCUT2D eigenvalue weighted by molar-refractivity contribution is 0.0943.